The number of anilines is 1. The highest BCUT2D eigenvalue weighted by atomic mass is 35.5. The summed E-state index contributed by atoms with van der Waals surface area (Å²) >= 11 is 6.63. The zero-order valence-corrected chi connectivity index (χ0v) is 21.6. The predicted octanol–water partition coefficient (Wildman–Crippen LogP) is 5.92. The van der Waals surface area contributed by atoms with Crippen molar-refractivity contribution in [3.63, 3.8) is 0 Å². The van der Waals surface area contributed by atoms with Crippen LogP contribution in [-0.4, -0.2) is 50.1 Å². The Morgan fingerprint density at radius 2 is 1.83 bits per heavy atom. The van der Waals surface area contributed by atoms with Gasteiger partial charge < -0.3 is 14.2 Å². The minimum absolute atomic E-state index is 0.133. The van der Waals surface area contributed by atoms with E-state index >= 15 is 0 Å². The van der Waals surface area contributed by atoms with E-state index in [4.69, 9.17) is 21.3 Å². The van der Waals surface area contributed by atoms with Crippen LogP contribution in [0.15, 0.2) is 30.3 Å². The van der Waals surface area contributed by atoms with Crippen molar-refractivity contribution in [3.8, 4) is 0 Å². The van der Waals surface area contributed by atoms with Crippen LogP contribution in [0.4, 0.5) is 10.7 Å². The van der Waals surface area contributed by atoms with E-state index in [1.54, 1.807) is 17.0 Å². The Hall–Kier alpha value is -3.13. The number of pyridine rings is 1. The van der Waals surface area contributed by atoms with Crippen molar-refractivity contribution >= 4 is 40.6 Å². The van der Waals surface area contributed by atoms with E-state index in [1.807, 2.05) is 57.4 Å². The third kappa shape index (κ3) is 5.75. The van der Waals surface area contributed by atoms with Crippen LogP contribution in [-0.2, 0) is 4.74 Å². The number of carbonyl (C=O) groups is 2. The number of likely N-dealkylation sites (tertiary alicyclic amines) is 1. The Balaban J connectivity index is 1.72. The van der Waals surface area contributed by atoms with Gasteiger partial charge in [0, 0.05) is 30.0 Å². The normalized spacial score (nSPS) is 16.7. The predicted molar refractivity (Wildman–Crippen MR) is 137 cm³/mol. The van der Waals surface area contributed by atoms with Crippen LogP contribution in [0.3, 0.4) is 0 Å². The first-order chi connectivity index (χ1) is 16.5. The second-order valence-electron chi connectivity index (χ2n) is 10.1. The smallest absolute Gasteiger partial charge is 0.410 e. The zero-order valence-electron chi connectivity index (χ0n) is 20.9. The summed E-state index contributed by atoms with van der Waals surface area (Å²) in [5.41, 5.74) is 2.89. The molecule has 1 N–H and O–H groups in total. The molecule has 1 fully saturated rings. The van der Waals surface area contributed by atoms with Crippen LogP contribution in [0, 0.1) is 13.8 Å². The van der Waals surface area contributed by atoms with E-state index in [1.165, 1.54) is 0 Å². The summed E-state index contributed by atoms with van der Waals surface area (Å²) in [6, 6.07) is 8.88. The highest BCUT2D eigenvalue weighted by Gasteiger charge is 2.30. The lowest BCUT2D eigenvalue weighted by Gasteiger charge is -2.29. The monoisotopic (exact) mass is 497 g/mol. The standard InChI is InChI=1S/C26H32ClN5O3/c1-16-13-18(14-17(2)28-16)23(33)30-24-29-21-11-8-10-20(27)22(21)32(24)19-9-6-7-12-31(15-19)25(34)35-26(3,4)5/h8,10-11,13-14,19H,6-7,9,12,15H2,1-5H3,(H,29,30,33). The van der Waals surface area contributed by atoms with Crippen LogP contribution >= 0.6 is 11.6 Å². The molecule has 1 unspecified atom stereocenters. The summed E-state index contributed by atoms with van der Waals surface area (Å²) in [5, 5.41) is 3.53. The van der Waals surface area contributed by atoms with E-state index in [0.29, 0.717) is 35.1 Å². The number of hydrogen-bond donors (Lipinski definition) is 1. The first-order valence-electron chi connectivity index (χ1n) is 11.9. The number of hydrogen-bond acceptors (Lipinski definition) is 5. The molecule has 3 heterocycles. The summed E-state index contributed by atoms with van der Waals surface area (Å²) in [5.74, 6) is 0.130. The molecule has 1 aliphatic rings. The van der Waals surface area contributed by atoms with Gasteiger partial charge in [0.2, 0.25) is 5.95 Å². The van der Waals surface area contributed by atoms with Gasteiger partial charge in [-0.25, -0.2) is 9.78 Å². The van der Waals surface area contributed by atoms with E-state index in [9.17, 15) is 9.59 Å². The van der Waals surface area contributed by atoms with E-state index in [0.717, 1.165) is 36.2 Å². The molecule has 1 aliphatic heterocycles. The Labute approximate surface area is 210 Å². The third-order valence-electron chi connectivity index (χ3n) is 5.89. The molecule has 186 valence electrons. The number of nitrogens with one attached hydrogen (secondary N) is 1. The first-order valence-corrected chi connectivity index (χ1v) is 12.3. The van der Waals surface area contributed by atoms with Crippen molar-refractivity contribution in [2.75, 3.05) is 18.4 Å². The van der Waals surface area contributed by atoms with Crippen LogP contribution in [0.2, 0.25) is 5.02 Å². The number of ether oxygens (including phenoxy) is 1. The Kier molecular flexibility index (Phi) is 7.03. The summed E-state index contributed by atoms with van der Waals surface area (Å²) in [6.45, 7) is 10.3. The molecule has 1 saturated heterocycles. The van der Waals surface area contributed by atoms with Crippen molar-refractivity contribution in [2.24, 2.45) is 0 Å². The SMILES string of the molecule is Cc1cc(C(=O)Nc2nc3cccc(Cl)c3n2C2CCCCN(C(=O)OC(C)(C)C)C2)cc(C)n1. The van der Waals surface area contributed by atoms with Crippen LogP contribution in [0.5, 0.6) is 0 Å². The Morgan fingerprint density at radius 3 is 2.51 bits per heavy atom. The van der Waals surface area contributed by atoms with Gasteiger partial charge in [0.25, 0.3) is 5.91 Å². The van der Waals surface area contributed by atoms with E-state index in [2.05, 4.69) is 10.3 Å². The van der Waals surface area contributed by atoms with Gasteiger partial charge in [-0.15, -0.1) is 0 Å². The van der Waals surface area contributed by atoms with Crippen molar-refractivity contribution in [3.05, 3.63) is 52.3 Å². The zero-order chi connectivity index (χ0) is 25.3. The minimum atomic E-state index is -0.580. The number of fused-ring (bicyclic) bond motifs is 1. The van der Waals surface area contributed by atoms with E-state index < -0.39 is 5.60 Å². The van der Waals surface area contributed by atoms with Gasteiger partial charge in [-0.3, -0.25) is 15.1 Å². The number of amides is 2. The summed E-state index contributed by atoms with van der Waals surface area (Å²) < 4.78 is 7.62. The number of aryl methyl sites for hydroxylation is 2. The highest BCUT2D eigenvalue weighted by Crippen LogP contribution is 2.34. The van der Waals surface area contributed by atoms with Crippen molar-refractivity contribution in [2.45, 2.75) is 65.5 Å². The molecular formula is C26H32ClN5O3. The third-order valence-corrected chi connectivity index (χ3v) is 6.20. The second-order valence-corrected chi connectivity index (χ2v) is 10.5. The van der Waals surface area contributed by atoms with Gasteiger partial charge in [-0.05, 0) is 78.1 Å². The molecule has 9 heteroatoms. The van der Waals surface area contributed by atoms with Gasteiger partial charge in [0.05, 0.1) is 22.1 Å². The first kappa shape index (κ1) is 25.0. The molecule has 1 aromatic carbocycles. The van der Waals surface area contributed by atoms with Gasteiger partial charge in [0.15, 0.2) is 0 Å². The molecule has 0 saturated carbocycles. The fraction of sp³-hybridized carbons (Fsp3) is 0.462. The summed E-state index contributed by atoms with van der Waals surface area (Å²) in [7, 11) is 0. The summed E-state index contributed by atoms with van der Waals surface area (Å²) in [6.07, 6.45) is 2.26. The van der Waals surface area contributed by atoms with Crippen molar-refractivity contribution in [1.29, 1.82) is 0 Å². The maximum Gasteiger partial charge on any atom is 0.410 e. The molecule has 3 aromatic rings. The lowest BCUT2D eigenvalue weighted by atomic mass is 10.1. The number of imidazole rings is 1. The number of nitrogens with zero attached hydrogens (tertiary/aromatic N) is 4. The van der Waals surface area contributed by atoms with Crippen molar-refractivity contribution < 1.29 is 14.3 Å². The molecule has 2 aromatic heterocycles. The lowest BCUT2D eigenvalue weighted by Crippen LogP contribution is -2.39. The molecule has 0 aliphatic carbocycles. The van der Waals surface area contributed by atoms with Crippen LogP contribution < -0.4 is 5.32 Å². The van der Waals surface area contributed by atoms with E-state index in [-0.39, 0.29) is 18.0 Å². The molecule has 0 bridgehead atoms. The molecule has 1 atom stereocenters. The minimum Gasteiger partial charge on any atom is -0.444 e. The average Bonchev–Trinajstić information content (AvgIpc) is 2.94. The fourth-order valence-electron chi connectivity index (χ4n) is 4.51. The number of aromatic nitrogens is 3. The average molecular weight is 498 g/mol. The number of benzene rings is 1. The van der Waals surface area contributed by atoms with Gasteiger partial charge in [-0.2, -0.15) is 0 Å². The number of rotatable bonds is 3. The highest BCUT2D eigenvalue weighted by molar-refractivity contribution is 6.35. The largest absolute Gasteiger partial charge is 0.444 e. The number of para-hydroxylation sites is 1. The molecular weight excluding hydrogens is 466 g/mol. The molecule has 8 nitrogen and oxygen atoms in total. The maximum atomic E-state index is 13.2. The van der Waals surface area contributed by atoms with Gasteiger partial charge in [-0.1, -0.05) is 17.7 Å². The van der Waals surface area contributed by atoms with Gasteiger partial charge in [0.1, 0.15) is 5.60 Å². The van der Waals surface area contributed by atoms with Crippen LogP contribution in [0.25, 0.3) is 11.0 Å². The number of halogens is 1. The Morgan fingerprint density at radius 1 is 1.11 bits per heavy atom. The Bertz CT molecular complexity index is 1240. The molecule has 4 rings (SSSR count). The topological polar surface area (TPSA) is 89.4 Å². The van der Waals surface area contributed by atoms with Crippen LogP contribution in [0.1, 0.15) is 67.8 Å². The quantitative estimate of drug-likeness (QED) is 0.485. The second kappa shape index (κ2) is 9.85. The molecule has 35 heavy (non-hydrogen) atoms. The summed E-state index contributed by atoms with van der Waals surface area (Å²) in [4.78, 5) is 36.9. The molecule has 0 spiro atoms. The fourth-order valence-corrected chi connectivity index (χ4v) is 4.77. The molecule has 0 radical (unpaired) electrons. The number of carbonyl (C=O) groups excluding carboxylic acids is 2. The van der Waals surface area contributed by atoms with Gasteiger partial charge >= 0.3 is 6.09 Å². The lowest BCUT2D eigenvalue weighted by molar-refractivity contribution is 0.0238. The van der Waals surface area contributed by atoms with Crippen molar-refractivity contribution in [1.82, 2.24) is 19.4 Å². The molecule has 2 amide bonds. The maximum absolute atomic E-state index is 13.2.